The highest BCUT2D eigenvalue weighted by molar-refractivity contribution is 5.92. The molecule has 0 fully saturated rings. The van der Waals surface area contributed by atoms with E-state index in [1.54, 1.807) is 24.3 Å². The van der Waals surface area contributed by atoms with Gasteiger partial charge in [0.25, 0.3) is 0 Å². The predicted octanol–water partition coefficient (Wildman–Crippen LogP) is 2.15. The number of anilines is 1. The van der Waals surface area contributed by atoms with Crippen LogP contribution in [-0.4, -0.2) is 37.5 Å². The van der Waals surface area contributed by atoms with Crippen LogP contribution in [0.1, 0.15) is 30.1 Å². The summed E-state index contributed by atoms with van der Waals surface area (Å²) in [6.45, 7) is 2.40. The molecule has 0 spiro atoms. The first-order valence-corrected chi connectivity index (χ1v) is 7.07. The van der Waals surface area contributed by atoms with Crippen LogP contribution >= 0.6 is 0 Å². The Balaban J connectivity index is 1.76. The second-order valence-corrected chi connectivity index (χ2v) is 4.85. The number of rotatable bonds is 5. The molecule has 2 amide bonds. The molecule has 1 aliphatic rings. The molecule has 0 bridgehead atoms. The third kappa shape index (κ3) is 4.21. The van der Waals surface area contributed by atoms with Crippen molar-refractivity contribution in [3.8, 4) is 0 Å². The molecule has 1 atom stereocenters. The average molecular weight is 305 g/mol. The number of esters is 1. The summed E-state index contributed by atoms with van der Waals surface area (Å²) >= 11 is 0. The van der Waals surface area contributed by atoms with Crippen molar-refractivity contribution in [3.05, 3.63) is 29.8 Å². The minimum atomic E-state index is -0.416. The molecular formula is C15H19N3O4. The van der Waals surface area contributed by atoms with Gasteiger partial charge in [0.05, 0.1) is 24.9 Å². The summed E-state index contributed by atoms with van der Waals surface area (Å²) in [5.41, 5.74) is 2.02. The van der Waals surface area contributed by atoms with Gasteiger partial charge in [-0.1, -0.05) is 12.1 Å². The molecule has 2 N–H and O–H groups in total. The molecule has 1 unspecified atom stereocenters. The number of carbonyl (C=O) groups is 2. The van der Waals surface area contributed by atoms with Gasteiger partial charge >= 0.3 is 12.0 Å². The SMILES string of the molecule is CCC1=NOC(CNC(=O)Nc2ccc(C(=O)OC)cc2)C1. The van der Waals surface area contributed by atoms with Crippen molar-refractivity contribution in [2.45, 2.75) is 25.9 Å². The summed E-state index contributed by atoms with van der Waals surface area (Å²) < 4.78 is 4.61. The van der Waals surface area contributed by atoms with Crippen molar-refractivity contribution in [2.24, 2.45) is 5.16 Å². The van der Waals surface area contributed by atoms with Crippen LogP contribution in [0.5, 0.6) is 0 Å². The maximum atomic E-state index is 11.8. The minimum absolute atomic E-state index is 0.109. The number of carbonyl (C=O) groups excluding carboxylic acids is 2. The van der Waals surface area contributed by atoms with E-state index in [2.05, 4.69) is 20.5 Å². The summed E-state index contributed by atoms with van der Waals surface area (Å²) in [5, 5.41) is 9.34. The largest absolute Gasteiger partial charge is 0.465 e. The van der Waals surface area contributed by atoms with Gasteiger partial charge in [0.2, 0.25) is 0 Å². The Morgan fingerprint density at radius 3 is 2.68 bits per heavy atom. The van der Waals surface area contributed by atoms with Crippen LogP contribution in [0, 0.1) is 0 Å². The Labute approximate surface area is 128 Å². The predicted molar refractivity (Wildman–Crippen MR) is 82.0 cm³/mol. The molecule has 0 aromatic heterocycles. The lowest BCUT2D eigenvalue weighted by atomic mass is 10.1. The zero-order chi connectivity index (χ0) is 15.9. The van der Waals surface area contributed by atoms with Crippen molar-refractivity contribution in [1.82, 2.24) is 5.32 Å². The molecule has 0 saturated heterocycles. The number of amides is 2. The quantitative estimate of drug-likeness (QED) is 0.816. The number of methoxy groups -OCH3 is 1. The van der Waals surface area contributed by atoms with Gasteiger partial charge in [-0.05, 0) is 30.7 Å². The van der Waals surface area contributed by atoms with Crippen molar-refractivity contribution in [1.29, 1.82) is 0 Å². The smallest absolute Gasteiger partial charge is 0.337 e. The average Bonchev–Trinajstić information content (AvgIpc) is 3.01. The Hall–Kier alpha value is -2.57. The van der Waals surface area contributed by atoms with Gasteiger partial charge in [-0.25, -0.2) is 9.59 Å². The molecule has 22 heavy (non-hydrogen) atoms. The van der Waals surface area contributed by atoms with Crippen LogP contribution in [0.25, 0.3) is 0 Å². The third-order valence-electron chi connectivity index (χ3n) is 3.26. The highest BCUT2D eigenvalue weighted by atomic mass is 16.6. The molecule has 2 rings (SSSR count). The first-order valence-electron chi connectivity index (χ1n) is 7.07. The molecule has 118 valence electrons. The Morgan fingerprint density at radius 2 is 2.09 bits per heavy atom. The zero-order valence-electron chi connectivity index (χ0n) is 12.6. The molecule has 1 aromatic rings. The number of nitrogens with zero attached hydrogens (tertiary/aromatic N) is 1. The van der Waals surface area contributed by atoms with E-state index in [1.165, 1.54) is 7.11 Å². The first kappa shape index (κ1) is 15.8. The number of oxime groups is 1. The summed E-state index contributed by atoms with van der Waals surface area (Å²) in [6, 6.07) is 6.11. The highest BCUT2D eigenvalue weighted by Gasteiger charge is 2.20. The summed E-state index contributed by atoms with van der Waals surface area (Å²) in [6.07, 6.45) is 1.49. The lowest BCUT2D eigenvalue weighted by Gasteiger charge is -2.11. The summed E-state index contributed by atoms with van der Waals surface area (Å²) in [4.78, 5) is 28.3. The maximum absolute atomic E-state index is 11.8. The van der Waals surface area contributed by atoms with E-state index in [0.29, 0.717) is 17.8 Å². The van der Waals surface area contributed by atoms with Crippen molar-refractivity contribution >= 4 is 23.4 Å². The van der Waals surface area contributed by atoms with Gasteiger partial charge < -0.3 is 20.2 Å². The fourth-order valence-corrected chi connectivity index (χ4v) is 1.99. The van der Waals surface area contributed by atoms with E-state index >= 15 is 0 Å². The van der Waals surface area contributed by atoms with Gasteiger partial charge in [-0.15, -0.1) is 0 Å². The van der Waals surface area contributed by atoms with E-state index < -0.39 is 5.97 Å². The number of ether oxygens (including phenoxy) is 1. The van der Waals surface area contributed by atoms with Gasteiger partial charge in [-0.3, -0.25) is 0 Å². The van der Waals surface area contributed by atoms with E-state index in [-0.39, 0.29) is 12.1 Å². The van der Waals surface area contributed by atoms with Crippen molar-refractivity contribution in [3.63, 3.8) is 0 Å². The highest BCUT2D eigenvalue weighted by Crippen LogP contribution is 2.12. The Morgan fingerprint density at radius 1 is 1.36 bits per heavy atom. The van der Waals surface area contributed by atoms with Crippen molar-refractivity contribution in [2.75, 3.05) is 19.0 Å². The maximum Gasteiger partial charge on any atom is 0.337 e. The van der Waals surface area contributed by atoms with Crippen molar-refractivity contribution < 1.29 is 19.2 Å². The van der Waals surface area contributed by atoms with Gasteiger partial charge in [0.1, 0.15) is 6.10 Å². The second kappa shape index (κ2) is 7.44. The second-order valence-electron chi connectivity index (χ2n) is 4.85. The fourth-order valence-electron chi connectivity index (χ4n) is 1.99. The van der Waals surface area contributed by atoms with Crippen LogP contribution < -0.4 is 10.6 Å². The molecule has 0 aliphatic carbocycles. The number of nitrogens with one attached hydrogen (secondary N) is 2. The number of hydrogen-bond acceptors (Lipinski definition) is 5. The Bertz CT molecular complexity index is 569. The van der Waals surface area contributed by atoms with Crippen LogP contribution in [0.15, 0.2) is 29.4 Å². The molecule has 0 saturated carbocycles. The zero-order valence-corrected chi connectivity index (χ0v) is 12.6. The van der Waals surface area contributed by atoms with Crippen LogP contribution in [0.2, 0.25) is 0 Å². The summed E-state index contributed by atoms with van der Waals surface area (Å²) in [5.74, 6) is -0.416. The molecule has 1 heterocycles. The van der Waals surface area contributed by atoms with E-state index in [9.17, 15) is 9.59 Å². The lowest BCUT2D eigenvalue weighted by molar-refractivity contribution is 0.0600. The monoisotopic (exact) mass is 305 g/mol. The number of hydrogen-bond donors (Lipinski definition) is 2. The topological polar surface area (TPSA) is 89.0 Å². The molecule has 1 aliphatic heterocycles. The van der Waals surface area contributed by atoms with Gasteiger partial charge in [0, 0.05) is 12.1 Å². The van der Waals surface area contributed by atoms with Gasteiger partial charge in [0.15, 0.2) is 0 Å². The van der Waals surface area contributed by atoms with E-state index in [0.717, 1.165) is 18.6 Å². The fraction of sp³-hybridized carbons (Fsp3) is 0.400. The standard InChI is InChI=1S/C15H19N3O4/c1-3-11-8-13(22-18-11)9-16-15(20)17-12-6-4-10(5-7-12)14(19)21-2/h4-7,13H,3,8-9H2,1-2H3,(H2,16,17,20). The molecule has 0 radical (unpaired) electrons. The van der Waals surface area contributed by atoms with Crippen LogP contribution in [0.4, 0.5) is 10.5 Å². The molecule has 7 nitrogen and oxygen atoms in total. The summed E-state index contributed by atoms with van der Waals surface area (Å²) in [7, 11) is 1.32. The number of urea groups is 1. The number of benzene rings is 1. The molecule has 1 aromatic carbocycles. The molecular weight excluding hydrogens is 286 g/mol. The van der Waals surface area contributed by atoms with E-state index in [4.69, 9.17) is 4.84 Å². The third-order valence-corrected chi connectivity index (χ3v) is 3.26. The normalized spacial score (nSPS) is 16.5. The van der Waals surface area contributed by atoms with Crippen LogP contribution in [0.3, 0.4) is 0 Å². The first-order chi connectivity index (χ1) is 10.6. The molecule has 7 heteroatoms. The minimum Gasteiger partial charge on any atom is -0.465 e. The van der Waals surface area contributed by atoms with Gasteiger partial charge in [-0.2, -0.15) is 0 Å². The van der Waals surface area contributed by atoms with Crippen LogP contribution in [-0.2, 0) is 9.57 Å². The van der Waals surface area contributed by atoms with E-state index in [1.807, 2.05) is 6.92 Å². The lowest BCUT2D eigenvalue weighted by Crippen LogP contribution is -2.35. The Kier molecular flexibility index (Phi) is 5.35.